The molecule has 0 bridgehead atoms. The van der Waals surface area contributed by atoms with Gasteiger partial charge in [-0.25, -0.2) is 4.99 Å². The minimum atomic E-state index is 0.231. The van der Waals surface area contributed by atoms with E-state index in [0.29, 0.717) is 13.2 Å². The molecule has 0 saturated carbocycles. The van der Waals surface area contributed by atoms with Crippen molar-refractivity contribution in [1.82, 2.24) is 20.4 Å². The molecule has 0 aliphatic rings. The van der Waals surface area contributed by atoms with E-state index >= 15 is 0 Å². The number of rotatable bonds is 9. The van der Waals surface area contributed by atoms with Crippen LogP contribution in [0.4, 0.5) is 0 Å². The van der Waals surface area contributed by atoms with Crippen molar-refractivity contribution in [2.75, 3.05) is 6.54 Å². The fraction of sp³-hybridized carbons (Fsp3) is 0.385. The molecule has 6 nitrogen and oxygen atoms in total. The minimum Gasteiger partial charge on any atom is -0.489 e. The summed E-state index contributed by atoms with van der Waals surface area (Å²) in [5.74, 6) is 1.67. The molecule has 32 heavy (non-hydrogen) atoms. The summed E-state index contributed by atoms with van der Waals surface area (Å²) >= 11 is 0. The smallest absolute Gasteiger partial charge is 0.191 e. The normalized spacial score (nSPS) is 12.5. The van der Waals surface area contributed by atoms with Crippen LogP contribution in [0.3, 0.4) is 0 Å². The van der Waals surface area contributed by atoms with Crippen molar-refractivity contribution in [3.63, 3.8) is 0 Å². The predicted molar refractivity (Wildman–Crippen MR) is 131 cm³/mol. The molecule has 3 aromatic rings. The second kappa shape index (κ2) is 11.4. The average molecular weight is 434 g/mol. The lowest BCUT2D eigenvalue weighted by atomic mass is 10.1. The summed E-state index contributed by atoms with van der Waals surface area (Å²) in [7, 11) is 1.99. The lowest BCUT2D eigenvalue weighted by Crippen LogP contribution is -2.43. The number of nitrogens with zero attached hydrogens (tertiary/aromatic N) is 3. The first-order valence-electron chi connectivity index (χ1n) is 11.3. The fourth-order valence-electron chi connectivity index (χ4n) is 3.67. The highest BCUT2D eigenvalue weighted by atomic mass is 16.5. The molecule has 0 amide bonds. The molecule has 2 N–H and O–H groups in total. The number of guanidine groups is 1. The van der Waals surface area contributed by atoms with E-state index in [0.717, 1.165) is 41.5 Å². The molecule has 1 unspecified atom stereocenters. The first-order chi connectivity index (χ1) is 15.5. The molecule has 0 radical (unpaired) electrons. The largest absolute Gasteiger partial charge is 0.489 e. The van der Waals surface area contributed by atoms with Gasteiger partial charge in [0.05, 0.1) is 12.2 Å². The third-order valence-electron chi connectivity index (χ3n) is 5.46. The number of nitrogens with one attached hydrogen (secondary N) is 2. The Kier molecular flexibility index (Phi) is 8.31. The predicted octanol–water partition coefficient (Wildman–Crippen LogP) is 4.30. The van der Waals surface area contributed by atoms with E-state index in [2.05, 4.69) is 67.7 Å². The summed E-state index contributed by atoms with van der Waals surface area (Å²) in [6, 6.07) is 18.6. The molecule has 1 aromatic heterocycles. The van der Waals surface area contributed by atoms with E-state index in [1.807, 2.05) is 42.1 Å². The molecule has 3 rings (SSSR count). The van der Waals surface area contributed by atoms with Crippen molar-refractivity contribution in [1.29, 1.82) is 0 Å². The lowest BCUT2D eigenvalue weighted by molar-refractivity contribution is 0.306. The Balaban J connectivity index is 1.60. The van der Waals surface area contributed by atoms with Crippen LogP contribution in [-0.4, -0.2) is 28.3 Å². The van der Waals surface area contributed by atoms with Crippen molar-refractivity contribution in [3.05, 3.63) is 82.7 Å². The van der Waals surface area contributed by atoms with Crippen LogP contribution in [0.2, 0.25) is 0 Å². The molecule has 0 fully saturated rings. The number of aryl methyl sites for hydroxylation is 2. The molecule has 1 atom stereocenters. The van der Waals surface area contributed by atoms with Crippen molar-refractivity contribution >= 4 is 5.96 Å². The van der Waals surface area contributed by atoms with E-state index in [9.17, 15) is 0 Å². The van der Waals surface area contributed by atoms with Gasteiger partial charge in [-0.05, 0) is 62.9 Å². The maximum absolute atomic E-state index is 5.95. The Labute approximate surface area is 191 Å². The van der Waals surface area contributed by atoms with Crippen LogP contribution in [0.5, 0.6) is 5.75 Å². The second-order valence-corrected chi connectivity index (χ2v) is 8.14. The van der Waals surface area contributed by atoms with E-state index in [4.69, 9.17) is 9.73 Å². The Hall–Kier alpha value is -3.28. The van der Waals surface area contributed by atoms with Gasteiger partial charge in [-0.15, -0.1) is 0 Å². The molecule has 6 heteroatoms. The summed E-state index contributed by atoms with van der Waals surface area (Å²) in [5, 5.41) is 11.4. The van der Waals surface area contributed by atoms with E-state index in [1.54, 1.807) is 0 Å². The van der Waals surface area contributed by atoms with Crippen LogP contribution >= 0.6 is 0 Å². The van der Waals surface area contributed by atoms with Gasteiger partial charge in [0.15, 0.2) is 5.96 Å². The zero-order valence-corrected chi connectivity index (χ0v) is 19.9. The van der Waals surface area contributed by atoms with Gasteiger partial charge in [-0.2, -0.15) is 5.10 Å². The summed E-state index contributed by atoms with van der Waals surface area (Å²) in [6.45, 7) is 10.4. The number of hydrogen-bond donors (Lipinski definition) is 2. The first kappa shape index (κ1) is 23.4. The maximum atomic E-state index is 5.95. The van der Waals surface area contributed by atoms with E-state index in [1.165, 1.54) is 11.3 Å². The second-order valence-electron chi connectivity index (χ2n) is 8.14. The molecular formula is C26H35N5O. The van der Waals surface area contributed by atoms with E-state index in [-0.39, 0.29) is 6.04 Å². The molecule has 0 spiro atoms. The number of ether oxygens (including phenoxy) is 1. The summed E-state index contributed by atoms with van der Waals surface area (Å²) < 4.78 is 7.90. The highest BCUT2D eigenvalue weighted by Crippen LogP contribution is 2.16. The van der Waals surface area contributed by atoms with Crippen LogP contribution in [0.25, 0.3) is 0 Å². The van der Waals surface area contributed by atoms with E-state index < -0.39 is 0 Å². The Morgan fingerprint density at radius 2 is 1.84 bits per heavy atom. The van der Waals surface area contributed by atoms with Gasteiger partial charge in [0.25, 0.3) is 0 Å². The summed E-state index contributed by atoms with van der Waals surface area (Å²) in [5.41, 5.74) is 5.87. The van der Waals surface area contributed by atoms with Crippen LogP contribution in [0.15, 0.2) is 59.6 Å². The number of hydrogen-bond acceptors (Lipinski definition) is 3. The Morgan fingerprint density at radius 1 is 1.09 bits per heavy atom. The fourth-order valence-corrected chi connectivity index (χ4v) is 3.67. The number of benzene rings is 2. The maximum Gasteiger partial charge on any atom is 0.191 e. The zero-order chi connectivity index (χ0) is 22.9. The van der Waals surface area contributed by atoms with Crippen molar-refractivity contribution in [2.45, 2.75) is 53.3 Å². The van der Waals surface area contributed by atoms with Crippen LogP contribution < -0.4 is 15.4 Å². The van der Waals surface area contributed by atoms with Crippen molar-refractivity contribution < 1.29 is 4.74 Å². The molecule has 2 aromatic carbocycles. The quantitative estimate of drug-likeness (QED) is 0.390. The zero-order valence-electron chi connectivity index (χ0n) is 19.9. The lowest BCUT2D eigenvalue weighted by Gasteiger charge is -2.18. The van der Waals surface area contributed by atoms with Gasteiger partial charge in [0.2, 0.25) is 0 Å². The van der Waals surface area contributed by atoms with Gasteiger partial charge >= 0.3 is 0 Å². The monoisotopic (exact) mass is 433 g/mol. The van der Waals surface area contributed by atoms with Crippen LogP contribution in [-0.2, 0) is 26.6 Å². The molecule has 1 heterocycles. The molecule has 170 valence electrons. The summed E-state index contributed by atoms with van der Waals surface area (Å²) in [6.07, 6.45) is 0.902. The highest BCUT2D eigenvalue weighted by Gasteiger charge is 2.14. The Morgan fingerprint density at radius 3 is 2.53 bits per heavy atom. The SMILES string of the molecule is CCNC(=NCc1cccc(OCc2ccccc2)c1)NC(C)Cc1c(C)nn(C)c1C. The highest BCUT2D eigenvalue weighted by molar-refractivity contribution is 5.80. The Bertz CT molecular complexity index is 1030. The van der Waals surface area contributed by atoms with Gasteiger partial charge in [0.1, 0.15) is 12.4 Å². The molecule has 0 saturated heterocycles. The first-order valence-corrected chi connectivity index (χ1v) is 11.3. The number of aromatic nitrogens is 2. The van der Waals surface area contributed by atoms with Gasteiger partial charge in [-0.3, -0.25) is 4.68 Å². The van der Waals surface area contributed by atoms with Gasteiger partial charge in [-0.1, -0.05) is 42.5 Å². The number of aliphatic imine (C=N–C) groups is 1. The molecular weight excluding hydrogens is 398 g/mol. The summed E-state index contributed by atoms with van der Waals surface area (Å²) in [4.78, 5) is 4.79. The molecule has 0 aliphatic heterocycles. The average Bonchev–Trinajstić information content (AvgIpc) is 3.03. The van der Waals surface area contributed by atoms with Gasteiger partial charge in [0, 0.05) is 25.3 Å². The van der Waals surface area contributed by atoms with Crippen LogP contribution in [0.1, 0.15) is 41.9 Å². The van der Waals surface area contributed by atoms with Crippen molar-refractivity contribution in [2.24, 2.45) is 12.0 Å². The molecule has 0 aliphatic carbocycles. The third-order valence-corrected chi connectivity index (χ3v) is 5.46. The van der Waals surface area contributed by atoms with Crippen LogP contribution in [0, 0.1) is 13.8 Å². The minimum absolute atomic E-state index is 0.231. The topological polar surface area (TPSA) is 63.5 Å². The third kappa shape index (κ3) is 6.61. The van der Waals surface area contributed by atoms with Crippen molar-refractivity contribution in [3.8, 4) is 5.75 Å². The van der Waals surface area contributed by atoms with Gasteiger partial charge < -0.3 is 15.4 Å². The standard InChI is InChI=1S/C26H35N5O/c1-6-27-26(29-19(2)15-25-20(3)30-31(5)21(25)4)28-17-23-13-10-14-24(16-23)32-18-22-11-8-7-9-12-22/h7-14,16,19H,6,15,17-18H2,1-5H3,(H2,27,28,29).